The standard InChI is InChI=1S/CH2O3.2Ca.HNO3.2H/c2-1(3)4;;;2-1(3)4;;/h(H2,2,3,4);;;(H,2,3,4);;/q;2*+2;;2*-1. The van der Waals surface area contributed by atoms with E-state index in [2.05, 4.69) is 0 Å². The molecule has 0 fully saturated rings. The monoisotopic (exact) mass is 207 g/mol. The molecule has 0 bridgehead atoms. The summed E-state index contributed by atoms with van der Waals surface area (Å²) in [7, 11) is 0. The normalized spacial score (nSPS) is 4.80. The fourth-order valence-electron chi connectivity index (χ4n) is 0. The molecule has 0 saturated heterocycles. The Morgan fingerprint density at radius 3 is 1.40 bits per heavy atom. The molecule has 0 amide bonds. The maximum absolute atomic E-state index is 8.56. The van der Waals surface area contributed by atoms with Crippen molar-refractivity contribution in [2.45, 2.75) is 0 Å². The first-order chi connectivity index (χ1) is 3.46. The van der Waals surface area contributed by atoms with Crippen LogP contribution in [0.25, 0.3) is 0 Å². The SMILES string of the molecule is O=C(O)O.O=[N+]([O-])O.[Ca+2].[Ca+2].[H-].[H-]. The molecule has 0 aromatic heterocycles. The number of rotatable bonds is 0. The third-order valence-electron chi connectivity index (χ3n) is 0. The van der Waals surface area contributed by atoms with E-state index in [4.69, 9.17) is 30.3 Å². The number of hydrogen-bond donors (Lipinski definition) is 3. The minimum Gasteiger partial charge on any atom is -1.00 e. The van der Waals surface area contributed by atoms with E-state index in [1.54, 1.807) is 0 Å². The predicted molar refractivity (Wildman–Crippen MR) is 33.2 cm³/mol. The summed E-state index contributed by atoms with van der Waals surface area (Å²) in [5, 5.41) is 27.6. The first-order valence-electron chi connectivity index (χ1n) is 1.22. The van der Waals surface area contributed by atoms with Gasteiger partial charge in [0.05, 0.1) is 0 Å². The second-order valence-electron chi connectivity index (χ2n) is 0.520. The van der Waals surface area contributed by atoms with Gasteiger partial charge < -0.3 is 18.3 Å². The summed E-state index contributed by atoms with van der Waals surface area (Å²) in [5.74, 6) is 0. The zero-order valence-electron chi connectivity index (χ0n) is 6.93. The van der Waals surface area contributed by atoms with Crippen LogP contribution in [0.2, 0.25) is 0 Å². The van der Waals surface area contributed by atoms with Crippen LogP contribution in [-0.2, 0) is 0 Å². The Kier molecular flexibility index (Phi) is 37.1. The van der Waals surface area contributed by atoms with E-state index in [1.807, 2.05) is 0 Å². The van der Waals surface area contributed by atoms with Crippen LogP contribution in [0.15, 0.2) is 0 Å². The van der Waals surface area contributed by atoms with Gasteiger partial charge in [-0.2, -0.15) is 0 Å². The van der Waals surface area contributed by atoms with Crippen LogP contribution in [0.4, 0.5) is 4.79 Å². The van der Waals surface area contributed by atoms with E-state index in [-0.39, 0.29) is 78.3 Å². The average Bonchev–Trinajstić information content (AvgIpc) is 1.25. The van der Waals surface area contributed by atoms with Gasteiger partial charge in [-0.15, -0.1) is 10.1 Å². The van der Waals surface area contributed by atoms with Crippen LogP contribution in [0.3, 0.4) is 0 Å². The molecule has 0 rings (SSSR count). The summed E-state index contributed by atoms with van der Waals surface area (Å²) < 4.78 is 0. The van der Waals surface area contributed by atoms with E-state index in [0.29, 0.717) is 0 Å². The van der Waals surface area contributed by atoms with Crippen molar-refractivity contribution in [1.82, 2.24) is 0 Å². The molecular formula is CH5Ca2NO6+2. The Morgan fingerprint density at radius 2 is 1.40 bits per heavy atom. The van der Waals surface area contributed by atoms with Gasteiger partial charge in [0.1, 0.15) is 0 Å². The summed E-state index contributed by atoms with van der Waals surface area (Å²) >= 11 is 0. The van der Waals surface area contributed by atoms with Crippen LogP contribution in [0, 0.1) is 10.1 Å². The van der Waals surface area contributed by atoms with Gasteiger partial charge in [-0.05, 0) is 0 Å². The molecule has 52 valence electrons. The molecule has 7 nitrogen and oxygen atoms in total. The van der Waals surface area contributed by atoms with Crippen LogP contribution >= 0.6 is 0 Å². The molecular weight excluding hydrogens is 202 g/mol. The van der Waals surface area contributed by atoms with Gasteiger partial charge in [0.2, 0.25) is 0 Å². The van der Waals surface area contributed by atoms with Gasteiger partial charge in [-0.3, -0.25) is 0 Å². The zero-order chi connectivity index (χ0) is 7.15. The maximum Gasteiger partial charge on any atom is 2.00 e. The summed E-state index contributed by atoms with van der Waals surface area (Å²) in [6.45, 7) is 0. The molecule has 0 saturated carbocycles. The molecule has 0 radical (unpaired) electrons. The fourth-order valence-corrected chi connectivity index (χ4v) is 0. The van der Waals surface area contributed by atoms with E-state index in [0.717, 1.165) is 0 Å². The van der Waals surface area contributed by atoms with Gasteiger partial charge in [0.15, 0.2) is 0 Å². The number of carbonyl (C=O) groups is 1. The fraction of sp³-hybridized carbons (Fsp3) is 0. The number of carboxylic acid groups (broad SMARTS) is 2. The van der Waals surface area contributed by atoms with Crippen molar-refractivity contribution in [3.63, 3.8) is 0 Å². The van der Waals surface area contributed by atoms with Gasteiger partial charge in [-0.1, -0.05) is 0 Å². The Morgan fingerprint density at radius 1 is 1.40 bits per heavy atom. The first-order valence-corrected chi connectivity index (χ1v) is 1.22. The van der Waals surface area contributed by atoms with Crippen LogP contribution in [0.1, 0.15) is 2.85 Å². The van der Waals surface area contributed by atoms with Crippen LogP contribution in [0.5, 0.6) is 0 Å². The van der Waals surface area contributed by atoms with Gasteiger partial charge >= 0.3 is 81.6 Å². The topological polar surface area (TPSA) is 121 Å². The van der Waals surface area contributed by atoms with Crippen molar-refractivity contribution in [1.29, 1.82) is 0 Å². The summed E-state index contributed by atoms with van der Waals surface area (Å²) in [6.07, 6.45) is -1.83. The number of nitrogens with zero attached hydrogens (tertiary/aromatic N) is 1. The second kappa shape index (κ2) is 16.5. The third kappa shape index (κ3) is 586. The molecule has 9 heteroatoms. The third-order valence-corrected chi connectivity index (χ3v) is 0. The van der Waals surface area contributed by atoms with Gasteiger partial charge in [0.25, 0.3) is 5.09 Å². The van der Waals surface area contributed by atoms with E-state index in [9.17, 15) is 0 Å². The molecule has 0 unspecified atom stereocenters. The summed E-state index contributed by atoms with van der Waals surface area (Å²) in [5.41, 5.74) is 0. The molecule has 10 heavy (non-hydrogen) atoms. The predicted octanol–water partition coefficient (Wildman–Crippen LogP) is -0.662. The quantitative estimate of drug-likeness (QED) is 0.275. The molecule has 0 heterocycles. The van der Waals surface area contributed by atoms with E-state index >= 15 is 0 Å². The van der Waals surface area contributed by atoms with Crippen LogP contribution < -0.4 is 0 Å². The van der Waals surface area contributed by atoms with Crippen molar-refractivity contribution in [3.8, 4) is 0 Å². The smallest absolute Gasteiger partial charge is 1.00 e. The summed E-state index contributed by atoms with van der Waals surface area (Å²) in [6, 6.07) is 0. The Balaban J connectivity index is -0.0000000112. The minimum absolute atomic E-state index is 0. The van der Waals surface area contributed by atoms with E-state index in [1.165, 1.54) is 0 Å². The minimum atomic E-state index is -1.83. The molecule has 0 aromatic carbocycles. The van der Waals surface area contributed by atoms with Crippen molar-refractivity contribution in [2.24, 2.45) is 0 Å². The van der Waals surface area contributed by atoms with Crippen LogP contribution in [-0.4, -0.2) is 102 Å². The van der Waals surface area contributed by atoms with Crippen molar-refractivity contribution in [2.75, 3.05) is 0 Å². The number of hydrogen-bond acceptors (Lipinski definition) is 3. The van der Waals surface area contributed by atoms with E-state index < -0.39 is 11.2 Å². The Hall–Kier alpha value is 0.989. The first kappa shape index (κ1) is 22.4. The molecule has 0 aliphatic carbocycles. The molecule has 0 aliphatic rings. The van der Waals surface area contributed by atoms with Crippen molar-refractivity contribution < 1.29 is 28.2 Å². The van der Waals surface area contributed by atoms with Crippen molar-refractivity contribution >= 4 is 81.6 Å². The average molecular weight is 207 g/mol. The molecule has 0 aromatic rings. The largest absolute Gasteiger partial charge is 2.00 e. The molecule has 0 spiro atoms. The van der Waals surface area contributed by atoms with Gasteiger partial charge in [-0.25, -0.2) is 4.79 Å². The molecule has 0 aliphatic heterocycles. The Bertz CT molecular complexity index is 81.5. The van der Waals surface area contributed by atoms with Crippen molar-refractivity contribution in [3.05, 3.63) is 10.1 Å². The maximum atomic E-state index is 8.56. The second-order valence-corrected chi connectivity index (χ2v) is 0.520. The summed E-state index contributed by atoms with van der Waals surface area (Å²) in [4.78, 5) is 16.9. The van der Waals surface area contributed by atoms with Gasteiger partial charge in [0, 0.05) is 0 Å². The Labute approximate surface area is 118 Å². The molecule has 3 N–H and O–H groups in total. The molecule has 0 atom stereocenters. The zero-order valence-corrected chi connectivity index (χ0v) is 9.34.